The molecule has 0 spiro atoms. The van der Waals surface area contributed by atoms with Crippen LogP contribution in [0.2, 0.25) is 0 Å². The van der Waals surface area contributed by atoms with Crippen LogP contribution in [0.15, 0.2) is 15.1 Å². The average Bonchev–Trinajstić information content (AvgIpc) is 3.11. The highest BCUT2D eigenvalue weighted by Gasteiger charge is 2.33. The topological polar surface area (TPSA) is 112 Å². The molecule has 5 N–H and O–H groups in total. The Morgan fingerprint density at radius 2 is 2.11 bits per heavy atom. The quantitative estimate of drug-likeness (QED) is 0.373. The predicted octanol–water partition coefficient (Wildman–Crippen LogP) is 1.65. The zero-order valence-corrected chi connectivity index (χ0v) is 16.2. The van der Waals surface area contributed by atoms with Gasteiger partial charge in [0.2, 0.25) is 5.43 Å². The summed E-state index contributed by atoms with van der Waals surface area (Å²) < 4.78 is 17.4. The minimum absolute atomic E-state index is 0.0179. The van der Waals surface area contributed by atoms with E-state index in [1.807, 2.05) is 10.3 Å². The molecule has 0 saturated carbocycles. The van der Waals surface area contributed by atoms with Crippen LogP contribution in [-0.4, -0.2) is 41.7 Å². The Kier molecular flexibility index (Phi) is 4.02. The number of nitrogens with two attached hydrogens (primary N) is 1. The molecule has 0 radical (unpaired) electrons. The minimum atomic E-state index is -1.33. The number of rotatable bonds is 3. The van der Waals surface area contributed by atoms with Gasteiger partial charge in [-0.2, -0.15) is 0 Å². The number of carboxylic acid groups (broad SMARTS) is 1. The van der Waals surface area contributed by atoms with Gasteiger partial charge < -0.3 is 25.1 Å². The number of aromatic carboxylic acids is 1. The second kappa shape index (κ2) is 6.34. The van der Waals surface area contributed by atoms with Crippen LogP contribution in [0.1, 0.15) is 16.1 Å². The summed E-state index contributed by atoms with van der Waals surface area (Å²) in [6.45, 7) is 2.71. The molecule has 0 atom stereocenters. The van der Waals surface area contributed by atoms with Crippen molar-refractivity contribution in [3.8, 4) is 0 Å². The standard InChI is InChI=1S/C17H16FN5O3S2/c18-10-11(21-19)8-12-15(13(10)22-3-1-20-2-4-22)27-5-7-6-28-16(23(7)12)9(14(8)24)17(25)26/h6,20-21H,1-5,19H2,(H,25,26). The SMILES string of the molecule is NNc1c(F)c(N2CCNCC2)c2c3c1c(=O)c(C(=O)O)c1scc(n13)CS2. The molecule has 11 heteroatoms. The number of nitrogen functional groups attached to an aromatic ring is 1. The number of halogens is 1. The number of hydrogen-bond donors (Lipinski definition) is 4. The van der Waals surface area contributed by atoms with Gasteiger partial charge in [-0.25, -0.2) is 9.18 Å². The number of nitrogens with zero attached hydrogens (tertiary/aromatic N) is 2. The fourth-order valence-electron chi connectivity index (χ4n) is 3.98. The van der Waals surface area contributed by atoms with Crippen molar-refractivity contribution in [1.82, 2.24) is 9.72 Å². The van der Waals surface area contributed by atoms with Gasteiger partial charge in [0.05, 0.1) is 21.5 Å². The third-order valence-electron chi connectivity index (χ3n) is 5.19. The molecule has 0 unspecified atom stereocenters. The molecule has 5 rings (SSSR count). The van der Waals surface area contributed by atoms with Crippen LogP contribution in [0.4, 0.5) is 15.8 Å². The van der Waals surface area contributed by atoms with Crippen molar-refractivity contribution >= 4 is 56.2 Å². The summed E-state index contributed by atoms with van der Waals surface area (Å²) in [7, 11) is 0. The molecule has 3 aromatic rings. The number of hydrazine groups is 1. The molecule has 2 aromatic heterocycles. The third kappa shape index (κ3) is 2.24. The Morgan fingerprint density at radius 1 is 1.36 bits per heavy atom. The number of anilines is 2. The van der Waals surface area contributed by atoms with E-state index in [-0.39, 0.29) is 16.6 Å². The van der Waals surface area contributed by atoms with Crippen LogP contribution >= 0.6 is 23.1 Å². The maximum atomic E-state index is 15.6. The lowest BCUT2D eigenvalue weighted by Gasteiger charge is -2.33. The first-order chi connectivity index (χ1) is 13.5. The monoisotopic (exact) mass is 421 g/mol. The van der Waals surface area contributed by atoms with Crippen molar-refractivity contribution in [2.24, 2.45) is 5.84 Å². The second-order valence-corrected chi connectivity index (χ2v) is 8.48. The highest BCUT2D eigenvalue weighted by Crippen LogP contribution is 2.47. The van der Waals surface area contributed by atoms with Crippen LogP contribution in [0.25, 0.3) is 15.7 Å². The lowest BCUT2D eigenvalue weighted by Crippen LogP contribution is -2.44. The first-order valence-electron chi connectivity index (χ1n) is 8.67. The maximum Gasteiger partial charge on any atom is 0.342 e. The van der Waals surface area contributed by atoms with Gasteiger partial charge in [0.25, 0.3) is 0 Å². The van der Waals surface area contributed by atoms with E-state index in [2.05, 4.69) is 10.7 Å². The van der Waals surface area contributed by atoms with E-state index in [0.29, 0.717) is 39.8 Å². The zero-order valence-electron chi connectivity index (χ0n) is 14.5. The lowest BCUT2D eigenvalue weighted by molar-refractivity contribution is 0.0697. The summed E-state index contributed by atoms with van der Waals surface area (Å²) in [4.78, 5) is 27.9. The van der Waals surface area contributed by atoms with Gasteiger partial charge in [-0.05, 0) is 0 Å². The lowest BCUT2D eigenvalue weighted by atomic mass is 10.1. The van der Waals surface area contributed by atoms with Crippen LogP contribution in [-0.2, 0) is 5.75 Å². The number of piperazine rings is 1. The first kappa shape index (κ1) is 17.7. The van der Waals surface area contributed by atoms with Crippen LogP contribution in [0.3, 0.4) is 0 Å². The smallest absolute Gasteiger partial charge is 0.342 e. The number of nitrogens with one attached hydrogen (secondary N) is 2. The molecule has 1 saturated heterocycles. The molecule has 4 heterocycles. The molecular formula is C17H16FN5O3S2. The molecule has 1 fully saturated rings. The summed E-state index contributed by atoms with van der Waals surface area (Å²) >= 11 is 2.68. The Hall–Kier alpha value is -2.34. The van der Waals surface area contributed by atoms with Crippen LogP contribution in [0.5, 0.6) is 0 Å². The number of aromatic nitrogens is 1. The van der Waals surface area contributed by atoms with Gasteiger partial charge >= 0.3 is 5.97 Å². The van der Waals surface area contributed by atoms with Gasteiger partial charge in [-0.1, -0.05) is 0 Å². The number of carbonyl (C=O) groups is 1. The van der Waals surface area contributed by atoms with Gasteiger partial charge in [0.1, 0.15) is 16.1 Å². The van der Waals surface area contributed by atoms with Crippen molar-refractivity contribution < 1.29 is 14.3 Å². The highest BCUT2D eigenvalue weighted by atomic mass is 32.2. The van der Waals surface area contributed by atoms with E-state index in [9.17, 15) is 14.7 Å². The van der Waals surface area contributed by atoms with E-state index < -0.39 is 17.2 Å². The normalized spacial score (nSPS) is 16.3. The molecule has 2 aliphatic rings. The molecule has 0 aliphatic carbocycles. The molecule has 8 nitrogen and oxygen atoms in total. The first-order valence-corrected chi connectivity index (χ1v) is 10.5. The van der Waals surface area contributed by atoms with E-state index in [1.165, 1.54) is 23.1 Å². The molecule has 146 valence electrons. The molecule has 2 aliphatic heterocycles. The number of hydrogen-bond acceptors (Lipinski definition) is 8. The largest absolute Gasteiger partial charge is 0.477 e. The maximum absolute atomic E-state index is 15.6. The van der Waals surface area contributed by atoms with Gasteiger partial charge in [-0.3, -0.25) is 10.6 Å². The molecule has 0 amide bonds. The fourth-order valence-corrected chi connectivity index (χ4v) is 6.32. The summed E-state index contributed by atoms with van der Waals surface area (Å²) in [5, 5.41) is 14.7. The number of thioether (sulfide) groups is 1. The van der Waals surface area contributed by atoms with Crippen LogP contribution in [0, 0.1) is 5.82 Å². The van der Waals surface area contributed by atoms with Gasteiger partial charge in [0.15, 0.2) is 5.82 Å². The van der Waals surface area contributed by atoms with Crippen molar-refractivity contribution in [3.05, 3.63) is 32.7 Å². The Balaban J connectivity index is 2.01. The second-order valence-electron chi connectivity index (χ2n) is 6.64. The van der Waals surface area contributed by atoms with E-state index in [0.717, 1.165) is 18.8 Å². The zero-order chi connectivity index (χ0) is 19.6. The average molecular weight is 421 g/mol. The van der Waals surface area contributed by atoms with E-state index in [4.69, 9.17) is 5.84 Å². The van der Waals surface area contributed by atoms with Crippen molar-refractivity contribution in [2.75, 3.05) is 36.5 Å². The molecule has 0 bridgehead atoms. The van der Waals surface area contributed by atoms with Gasteiger partial charge in [0, 0.05) is 43.0 Å². The summed E-state index contributed by atoms with van der Waals surface area (Å²) in [6.07, 6.45) is 0. The molecular weight excluding hydrogens is 405 g/mol. The Morgan fingerprint density at radius 3 is 2.79 bits per heavy atom. The fraction of sp³-hybridized carbons (Fsp3) is 0.294. The Labute approximate surface area is 166 Å². The summed E-state index contributed by atoms with van der Waals surface area (Å²) in [5.41, 5.74) is 2.91. The van der Waals surface area contributed by atoms with Crippen LogP contribution < -0.4 is 26.9 Å². The van der Waals surface area contributed by atoms with E-state index in [1.54, 1.807) is 4.40 Å². The number of pyridine rings is 1. The van der Waals surface area contributed by atoms with Gasteiger partial charge in [-0.15, -0.1) is 23.1 Å². The third-order valence-corrected chi connectivity index (χ3v) is 7.30. The predicted molar refractivity (Wildman–Crippen MR) is 108 cm³/mol. The Bertz CT molecular complexity index is 1220. The molecule has 1 aromatic carbocycles. The van der Waals surface area contributed by atoms with Crippen molar-refractivity contribution in [1.29, 1.82) is 0 Å². The minimum Gasteiger partial charge on any atom is -0.477 e. The summed E-state index contributed by atoms with van der Waals surface area (Å²) in [6, 6.07) is 0. The van der Waals surface area contributed by atoms with E-state index >= 15 is 4.39 Å². The summed E-state index contributed by atoms with van der Waals surface area (Å²) in [5.74, 6) is 4.23. The van der Waals surface area contributed by atoms with Crippen molar-refractivity contribution in [2.45, 2.75) is 10.6 Å². The van der Waals surface area contributed by atoms with Crippen molar-refractivity contribution in [3.63, 3.8) is 0 Å². The number of benzene rings is 1. The molecule has 28 heavy (non-hydrogen) atoms. The number of thiazole rings is 1. The number of carboxylic acids is 1. The highest BCUT2D eigenvalue weighted by molar-refractivity contribution is 7.99.